The molecular formula is C40H42O13. The highest BCUT2D eigenvalue weighted by molar-refractivity contribution is 5.68. The van der Waals surface area contributed by atoms with Crippen LogP contribution in [0.2, 0.25) is 0 Å². The number of rotatable bonds is 12. The second-order valence-electron chi connectivity index (χ2n) is 12.2. The number of hydrogen-bond donors (Lipinski definition) is 0. The van der Waals surface area contributed by atoms with Crippen LogP contribution < -0.4 is 37.9 Å². The molecule has 0 saturated heterocycles. The van der Waals surface area contributed by atoms with Crippen molar-refractivity contribution in [1.29, 1.82) is 0 Å². The Balaban J connectivity index is 1.58. The van der Waals surface area contributed by atoms with Gasteiger partial charge in [0.1, 0.15) is 23.7 Å². The summed E-state index contributed by atoms with van der Waals surface area (Å²) in [5, 5.41) is 0. The number of fused-ring (bicyclic) bond motifs is 2. The number of carbonyl (C=O) groups excluding carboxylic acids is 2. The lowest BCUT2D eigenvalue weighted by Gasteiger charge is -2.44. The van der Waals surface area contributed by atoms with Gasteiger partial charge in [0.25, 0.3) is 0 Å². The zero-order chi connectivity index (χ0) is 37.8. The molecule has 4 aromatic carbocycles. The van der Waals surface area contributed by atoms with E-state index in [-0.39, 0.29) is 0 Å². The van der Waals surface area contributed by atoms with E-state index in [9.17, 15) is 9.59 Å². The molecule has 13 heteroatoms. The van der Waals surface area contributed by atoms with E-state index >= 15 is 0 Å². The van der Waals surface area contributed by atoms with Crippen LogP contribution >= 0.6 is 0 Å². The molecule has 4 aromatic rings. The van der Waals surface area contributed by atoms with Crippen molar-refractivity contribution in [1.82, 2.24) is 0 Å². The Morgan fingerprint density at radius 2 is 0.925 bits per heavy atom. The van der Waals surface area contributed by atoms with Crippen LogP contribution in [0, 0.1) is 0 Å². The third-order valence-corrected chi connectivity index (χ3v) is 9.14. The molecule has 0 fully saturated rings. The molecule has 0 saturated carbocycles. The van der Waals surface area contributed by atoms with Crippen LogP contribution in [-0.4, -0.2) is 66.8 Å². The lowest BCUT2D eigenvalue weighted by atomic mass is 9.88. The zero-order valence-corrected chi connectivity index (χ0v) is 30.7. The van der Waals surface area contributed by atoms with Crippen LogP contribution in [0.15, 0.2) is 72.8 Å². The van der Waals surface area contributed by atoms with Gasteiger partial charge < -0.3 is 52.1 Å². The molecule has 0 radical (unpaired) electrons. The largest absolute Gasteiger partial charge is 0.497 e. The maximum Gasteiger partial charge on any atom is 0.303 e. The first-order valence-electron chi connectivity index (χ1n) is 16.8. The molecule has 2 aliphatic rings. The van der Waals surface area contributed by atoms with E-state index in [4.69, 9.17) is 52.1 Å². The van der Waals surface area contributed by atoms with Crippen LogP contribution in [0.3, 0.4) is 0 Å². The Labute approximate surface area is 307 Å². The molecule has 2 heterocycles. The minimum Gasteiger partial charge on any atom is -0.497 e. The van der Waals surface area contributed by atoms with Gasteiger partial charge in [-0.3, -0.25) is 9.59 Å². The van der Waals surface area contributed by atoms with Crippen molar-refractivity contribution in [2.75, 3.05) is 42.7 Å². The first kappa shape index (κ1) is 37.0. The van der Waals surface area contributed by atoms with Gasteiger partial charge >= 0.3 is 11.9 Å². The first-order chi connectivity index (χ1) is 25.6. The van der Waals surface area contributed by atoms with Crippen LogP contribution in [0.4, 0.5) is 0 Å². The Kier molecular flexibility index (Phi) is 11.0. The summed E-state index contributed by atoms with van der Waals surface area (Å²) >= 11 is 0. The first-order valence-corrected chi connectivity index (χ1v) is 16.8. The van der Waals surface area contributed by atoms with Crippen LogP contribution in [-0.2, 0) is 23.8 Å². The molecule has 0 spiro atoms. The molecule has 280 valence electrons. The number of ether oxygens (including phenoxy) is 11. The van der Waals surface area contributed by atoms with Crippen molar-refractivity contribution in [2.24, 2.45) is 0 Å². The maximum atomic E-state index is 12.9. The van der Waals surface area contributed by atoms with Gasteiger partial charge in [0.15, 0.2) is 47.4 Å². The van der Waals surface area contributed by atoms with Crippen molar-refractivity contribution in [3.05, 3.63) is 95.1 Å². The van der Waals surface area contributed by atoms with E-state index in [1.54, 1.807) is 62.8 Å². The molecule has 6 unspecified atom stereocenters. The zero-order valence-electron chi connectivity index (χ0n) is 30.7. The van der Waals surface area contributed by atoms with Gasteiger partial charge in [0.2, 0.25) is 11.5 Å². The fraction of sp³-hybridized carbons (Fsp3) is 0.350. The highest BCUT2D eigenvalue weighted by Gasteiger charge is 2.51. The topological polar surface area (TPSA) is 136 Å². The van der Waals surface area contributed by atoms with Gasteiger partial charge in [-0.25, -0.2) is 0 Å². The van der Waals surface area contributed by atoms with Gasteiger partial charge in [-0.05, 0) is 59.7 Å². The molecule has 6 rings (SSSR count). The van der Waals surface area contributed by atoms with Gasteiger partial charge in [0.05, 0.1) is 42.7 Å². The van der Waals surface area contributed by atoms with E-state index in [1.165, 1.54) is 42.3 Å². The minimum atomic E-state index is -1.06. The standard InChI is InChI=1S/C40H42O13/c1-21(41)49-35-27-17-19-29(45-5)37(47-7)33(27)52-32(24-11-15-26(44-4)16-12-24)40(35)53-36-28-18-20-30(46-6)38(48-8)34(28)51-31(39(36)50-22(2)42)23-9-13-25(43-3)14-10-23/h9-20,31-32,35-36,39-40H,1-8H3. The van der Waals surface area contributed by atoms with E-state index in [0.29, 0.717) is 68.2 Å². The molecule has 13 nitrogen and oxygen atoms in total. The summed E-state index contributed by atoms with van der Waals surface area (Å²) in [5.41, 5.74) is 2.29. The molecule has 53 heavy (non-hydrogen) atoms. The lowest BCUT2D eigenvalue weighted by molar-refractivity contribution is -0.207. The average molecular weight is 731 g/mol. The molecule has 6 atom stereocenters. The Morgan fingerprint density at radius 1 is 0.491 bits per heavy atom. The van der Waals surface area contributed by atoms with Crippen molar-refractivity contribution in [3.63, 3.8) is 0 Å². The second-order valence-corrected chi connectivity index (χ2v) is 12.2. The number of benzene rings is 4. The Bertz CT molecular complexity index is 1920. The summed E-state index contributed by atoms with van der Waals surface area (Å²) in [6, 6.07) is 21.3. The fourth-order valence-corrected chi connectivity index (χ4v) is 6.77. The normalized spacial score (nSPS) is 21.4. The maximum absolute atomic E-state index is 12.9. The lowest BCUT2D eigenvalue weighted by Crippen LogP contribution is -2.45. The van der Waals surface area contributed by atoms with E-state index in [0.717, 1.165) is 0 Å². The van der Waals surface area contributed by atoms with Crippen LogP contribution in [0.5, 0.6) is 46.0 Å². The number of methoxy groups -OCH3 is 6. The van der Waals surface area contributed by atoms with Crippen molar-refractivity contribution < 1.29 is 61.7 Å². The molecule has 0 amide bonds. The molecule has 0 bridgehead atoms. The van der Waals surface area contributed by atoms with Crippen molar-refractivity contribution >= 4 is 11.9 Å². The quantitative estimate of drug-likeness (QED) is 0.144. The summed E-state index contributed by atoms with van der Waals surface area (Å²) in [6.07, 6.45) is -6.02. The van der Waals surface area contributed by atoms with Gasteiger partial charge in [-0.1, -0.05) is 24.3 Å². The third-order valence-electron chi connectivity index (χ3n) is 9.14. The SMILES string of the molecule is COc1ccc(C2Oc3c(ccc(OC)c3OC)C(OC3C(c4ccc(OC)cc4)Oc4c(ccc(OC)c4OC)C3OC(C)=O)C2OC(C)=O)cc1. The van der Waals surface area contributed by atoms with Crippen molar-refractivity contribution in [3.8, 4) is 46.0 Å². The van der Waals surface area contributed by atoms with Gasteiger partial charge in [-0.15, -0.1) is 0 Å². The van der Waals surface area contributed by atoms with E-state index < -0.39 is 48.6 Å². The highest BCUT2D eigenvalue weighted by atomic mass is 16.6. The second kappa shape index (κ2) is 15.8. The Hall–Kier alpha value is -5.82. The highest BCUT2D eigenvalue weighted by Crippen LogP contribution is 2.56. The Morgan fingerprint density at radius 3 is 1.32 bits per heavy atom. The summed E-state index contributed by atoms with van der Waals surface area (Å²) in [7, 11) is 9.18. The van der Waals surface area contributed by atoms with Gasteiger partial charge in [-0.2, -0.15) is 0 Å². The van der Waals surface area contributed by atoms with E-state index in [1.807, 2.05) is 24.3 Å². The predicted molar refractivity (Wildman–Crippen MR) is 189 cm³/mol. The summed E-state index contributed by atoms with van der Waals surface area (Å²) < 4.78 is 66.5. The summed E-state index contributed by atoms with van der Waals surface area (Å²) in [6.45, 7) is 2.63. The summed E-state index contributed by atoms with van der Waals surface area (Å²) in [5.74, 6) is 2.18. The number of carbonyl (C=O) groups is 2. The third kappa shape index (κ3) is 7.16. The predicted octanol–water partition coefficient (Wildman–Crippen LogP) is 6.67. The summed E-state index contributed by atoms with van der Waals surface area (Å²) in [4.78, 5) is 25.8. The molecule has 2 aliphatic heterocycles. The van der Waals surface area contributed by atoms with Crippen LogP contribution in [0.25, 0.3) is 0 Å². The van der Waals surface area contributed by atoms with Gasteiger partial charge in [0, 0.05) is 25.0 Å². The van der Waals surface area contributed by atoms with E-state index in [2.05, 4.69) is 0 Å². The van der Waals surface area contributed by atoms with Crippen molar-refractivity contribution in [2.45, 2.75) is 50.5 Å². The smallest absolute Gasteiger partial charge is 0.303 e. The number of esters is 2. The number of hydrogen-bond acceptors (Lipinski definition) is 13. The molecular weight excluding hydrogens is 688 g/mol. The average Bonchev–Trinajstić information content (AvgIpc) is 3.17. The molecule has 0 N–H and O–H groups in total. The minimum absolute atomic E-state index is 0.309. The van der Waals surface area contributed by atoms with Crippen LogP contribution in [0.1, 0.15) is 60.5 Å². The monoisotopic (exact) mass is 730 g/mol. The molecule has 0 aromatic heterocycles. The molecule has 0 aliphatic carbocycles. The fourth-order valence-electron chi connectivity index (χ4n) is 6.77.